The van der Waals surface area contributed by atoms with Crippen LogP contribution in [0.2, 0.25) is 0 Å². The van der Waals surface area contributed by atoms with E-state index in [0.717, 1.165) is 19.5 Å². The Morgan fingerprint density at radius 3 is 2.41 bits per heavy atom. The van der Waals surface area contributed by atoms with Gasteiger partial charge in [0.2, 0.25) is 0 Å². The highest BCUT2D eigenvalue weighted by Crippen LogP contribution is 2.33. The third kappa shape index (κ3) is 3.61. The van der Waals surface area contributed by atoms with E-state index in [-0.39, 0.29) is 18.0 Å². The minimum Gasteiger partial charge on any atom is -0.480 e. The van der Waals surface area contributed by atoms with Crippen LogP contribution in [0.15, 0.2) is 0 Å². The number of amides is 2. The van der Waals surface area contributed by atoms with E-state index in [0.29, 0.717) is 5.92 Å². The molecule has 1 heterocycles. The van der Waals surface area contributed by atoms with Crippen molar-refractivity contribution in [2.24, 2.45) is 11.3 Å². The number of nitrogens with zero attached hydrogens (tertiary/aromatic N) is 2. The first-order valence-electron chi connectivity index (χ1n) is 5.93. The molecule has 0 aromatic heterocycles. The molecule has 1 N–H and O–H groups in total. The quantitative estimate of drug-likeness (QED) is 0.798. The Morgan fingerprint density at radius 2 is 2.00 bits per heavy atom. The number of carbonyl (C=O) groups is 2. The number of carboxylic acid groups (broad SMARTS) is 1. The van der Waals surface area contributed by atoms with Crippen LogP contribution < -0.4 is 0 Å². The first-order valence-corrected chi connectivity index (χ1v) is 5.93. The number of likely N-dealkylation sites (N-methyl/N-ethyl adjacent to an activating group) is 1. The summed E-state index contributed by atoms with van der Waals surface area (Å²) in [5.74, 6) is -0.489. The molecule has 0 aromatic carbocycles. The van der Waals surface area contributed by atoms with Gasteiger partial charge in [-0.15, -0.1) is 0 Å². The van der Waals surface area contributed by atoms with Crippen LogP contribution in [-0.4, -0.2) is 53.6 Å². The van der Waals surface area contributed by atoms with E-state index in [4.69, 9.17) is 5.11 Å². The van der Waals surface area contributed by atoms with Crippen molar-refractivity contribution in [2.45, 2.75) is 27.2 Å². The molecule has 5 nitrogen and oxygen atoms in total. The molecule has 5 heteroatoms. The van der Waals surface area contributed by atoms with Crippen molar-refractivity contribution in [3.05, 3.63) is 0 Å². The molecule has 1 atom stereocenters. The summed E-state index contributed by atoms with van der Waals surface area (Å²) in [7, 11) is 1.53. The van der Waals surface area contributed by atoms with Crippen molar-refractivity contribution < 1.29 is 14.7 Å². The standard InChI is InChI=1S/C12H22N2O3/c1-12(2,3)9-5-6-14(7-9)11(17)13(4)8-10(15)16/h9H,5-8H2,1-4H3,(H,15,16). The zero-order valence-electron chi connectivity index (χ0n) is 11.1. The predicted molar refractivity (Wildman–Crippen MR) is 64.8 cm³/mol. The Morgan fingerprint density at radius 1 is 1.41 bits per heavy atom. The van der Waals surface area contributed by atoms with Gasteiger partial charge in [0.05, 0.1) is 0 Å². The van der Waals surface area contributed by atoms with E-state index in [9.17, 15) is 9.59 Å². The zero-order chi connectivity index (χ0) is 13.2. The highest BCUT2D eigenvalue weighted by Gasteiger charge is 2.34. The number of hydrogen-bond acceptors (Lipinski definition) is 2. The number of rotatable bonds is 2. The van der Waals surface area contributed by atoms with Gasteiger partial charge in [0.15, 0.2) is 0 Å². The highest BCUT2D eigenvalue weighted by molar-refractivity contribution is 5.80. The molecule has 1 aliphatic rings. The predicted octanol–water partition coefficient (Wildman–Crippen LogP) is 1.49. The first-order chi connectivity index (χ1) is 7.71. The summed E-state index contributed by atoms with van der Waals surface area (Å²) < 4.78 is 0. The smallest absolute Gasteiger partial charge is 0.323 e. The van der Waals surface area contributed by atoms with Crippen LogP contribution in [-0.2, 0) is 4.79 Å². The molecular formula is C12H22N2O3. The molecule has 2 amide bonds. The van der Waals surface area contributed by atoms with Crippen LogP contribution in [0.25, 0.3) is 0 Å². The minimum absolute atomic E-state index is 0.181. The lowest BCUT2D eigenvalue weighted by Gasteiger charge is -2.28. The molecule has 0 bridgehead atoms. The summed E-state index contributed by atoms with van der Waals surface area (Å²) in [6.07, 6.45) is 0.996. The van der Waals surface area contributed by atoms with Crippen LogP contribution >= 0.6 is 0 Å². The third-order valence-electron chi connectivity index (χ3n) is 3.38. The molecule has 98 valence electrons. The number of carboxylic acids is 1. The molecule has 1 saturated heterocycles. The molecule has 1 aliphatic heterocycles. The second-order valence-corrected chi connectivity index (χ2v) is 5.83. The Balaban J connectivity index is 2.54. The zero-order valence-corrected chi connectivity index (χ0v) is 11.1. The van der Waals surface area contributed by atoms with Crippen molar-refractivity contribution in [3.63, 3.8) is 0 Å². The average molecular weight is 242 g/mol. The summed E-state index contributed by atoms with van der Waals surface area (Å²) in [6, 6.07) is -0.181. The molecule has 0 spiro atoms. The normalized spacial score (nSPS) is 20.5. The van der Waals surface area contributed by atoms with Crippen molar-refractivity contribution >= 4 is 12.0 Å². The molecule has 17 heavy (non-hydrogen) atoms. The average Bonchev–Trinajstić information content (AvgIpc) is 2.63. The summed E-state index contributed by atoms with van der Waals surface area (Å²) in [6.45, 7) is 7.73. The summed E-state index contributed by atoms with van der Waals surface area (Å²) in [5.41, 5.74) is 0.195. The van der Waals surface area contributed by atoms with Crippen LogP contribution in [0.5, 0.6) is 0 Å². The number of aliphatic carboxylic acids is 1. The summed E-state index contributed by atoms with van der Waals surface area (Å²) in [4.78, 5) is 25.5. The minimum atomic E-state index is -0.979. The van der Waals surface area contributed by atoms with Gasteiger partial charge in [0, 0.05) is 20.1 Å². The lowest BCUT2D eigenvalue weighted by Crippen LogP contribution is -2.42. The van der Waals surface area contributed by atoms with Crippen molar-refractivity contribution in [1.29, 1.82) is 0 Å². The van der Waals surface area contributed by atoms with Gasteiger partial charge in [0.25, 0.3) is 0 Å². The number of urea groups is 1. The Hall–Kier alpha value is -1.26. The number of hydrogen-bond donors (Lipinski definition) is 1. The van der Waals surface area contributed by atoms with E-state index in [1.54, 1.807) is 4.90 Å². The molecule has 1 unspecified atom stereocenters. The molecule has 0 aliphatic carbocycles. The molecular weight excluding hydrogens is 220 g/mol. The Labute approximate surface area is 102 Å². The second-order valence-electron chi connectivity index (χ2n) is 5.83. The maximum absolute atomic E-state index is 11.9. The Bertz CT molecular complexity index is 309. The van der Waals surface area contributed by atoms with Crippen molar-refractivity contribution in [1.82, 2.24) is 9.80 Å². The van der Waals surface area contributed by atoms with E-state index >= 15 is 0 Å². The molecule has 0 saturated carbocycles. The fraction of sp³-hybridized carbons (Fsp3) is 0.833. The maximum atomic E-state index is 11.9. The fourth-order valence-electron chi connectivity index (χ4n) is 2.15. The SMILES string of the molecule is CN(CC(=O)O)C(=O)N1CCC(C(C)(C)C)C1. The van der Waals surface area contributed by atoms with E-state index in [1.165, 1.54) is 11.9 Å². The summed E-state index contributed by atoms with van der Waals surface area (Å²) >= 11 is 0. The van der Waals surface area contributed by atoms with E-state index in [2.05, 4.69) is 20.8 Å². The van der Waals surface area contributed by atoms with Gasteiger partial charge in [-0.2, -0.15) is 0 Å². The molecule has 0 aromatic rings. The lowest BCUT2D eigenvalue weighted by molar-refractivity contribution is -0.137. The molecule has 0 radical (unpaired) electrons. The van der Waals surface area contributed by atoms with Crippen LogP contribution in [0.4, 0.5) is 4.79 Å². The lowest BCUT2D eigenvalue weighted by atomic mass is 9.80. The number of likely N-dealkylation sites (tertiary alicyclic amines) is 1. The second kappa shape index (κ2) is 4.94. The van der Waals surface area contributed by atoms with Gasteiger partial charge >= 0.3 is 12.0 Å². The van der Waals surface area contributed by atoms with Crippen molar-refractivity contribution in [2.75, 3.05) is 26.7 Å². The van der Waals surface area contributed by atoms with Gasteiger partial charge in [0.1, 0.15) is 6.54 Å². The Kier molecular flexibility index (Phi) is 4.01. The molecule has 1 fully saturated rings. The monoisotopic (exact) mass is 242 g/mol. The maximum Gasteiger partial charge on any atom is 0.323 e. The number of carbonyl (C=O) groups excluding carboxylic acids is 1. The topological polar surface area (TPSA) is 60.9 Å². The summed E-state index contributed by atoms with van der Waals surface area (Å²) in [5, 5.41) is 8.64. The van der Waals surface area contributed by atoms with E-state index < -0.39 is 5.97 Å². The van der Waals surface area contributed by atoms with Crippen LogP contribution in [0, 0.1) is 11.3 Å². The van der Waals surface area contributed by atoms with E-state index in [1.807, 2.05) is 0 Å². The molecule has 1 rings (SSSR count). The van der Waals surface area contributed by atoms with Gasteiger partial charge < -0.3 is 14.9 Å². The first kappa shape index (κ1) is 13.8. The highest BCUT2D eigenvalue weighted by atomic mass is 16.4. The third-order valence-corrected chi connectivity index (χ3v) is 3.38. The van der Waals surface area contributed by atoms with Gasteiger partial charge in [-0.25, -0.2) is 4.79 Å². The van der Waals surface area contributed by atoms with Crippen molar-refractivity contribution in [3.8, 4) is 0 Å². The van der Waals surface area contributed by atoms with Crippen LogP contribution in [0.1, 0.15) is 27.2 Å². The van der Waals surface area contributed by atoms with Crippen LogP contribution in [0.3, 0.4) is 0 Å². The fourth-order valence-corrected chi connectivity index (χ4v) is 2.15. The van der Waals surface area contributed by atoms with Gasteiger partial charge in [-0.1, -0.05) is 20.8 Å². The largest absolute Gasteiger partial charge is 0.480 e. The van der Waals surface area contributed by atoms with Gasteiger partial charge in [-0.05, 0) is 17.8 Å². The van der Waals surface area contributed by atoms with Gasteiger partial charge in [-0.3, -0.25) is 4.79 Å².